The second kappa shape index (κ2) is 6.33. The summed E-state index contributed by atoms with van der Waals surface area (Å²) in [7, 11) is 0. The van der Waals surface area contributed by atoms with Gasteiger partial charge in [-0.15, -0.1) is 11.6 Å². The van der Waals surface area contributed by atoms with Gasteiger partial charge in [-0.2, -0.15) is 11.8 Å². The number of hydrogen-bond acceptors (Lipinski definition) is 1. The van der Waals surface area contributed by atoms with Gasteiger partial charge in [0.15, 0.2) is 0 Å². The molecule has 0 aliphatic rings. The summed E-state index contributed by atoms with van der Waals surface area (Å²) in [6.45, 7) is 2.01. The van der Waals surface area contributed by atoms with Crippen LogP contribution in [0.4, 0.5) is 8.78 Å². The molecule has 0 N–H and O–H groups in total. The molecule has 0 fully saturated rings. The topological polar surface area (TPSA) is 0 Å². The monoisotopic (exact) mass is 250 g/mol. The quantitative estimate of drug-likeness (QED) is 0.710. The third-order valence-electron chi connectivity index (χ3n) is 1.97. The average Bonchev–Trinajstić information content (AvgIpc) is 2.22. The maximum Gasteiger partial charge on any atom is 0.130 e. The van der Waals surface area contributed by atoms with Crippen LogP contribution >= 0.6 is 23.4 Å². The number of halogens is 3. The summed E-state index contributed by atoms with van der Waals surface area (Å²) in [5.41, 5.74) is 0.157. The van der Waals surface area contributed by atoms with Crippen molar-refractivity contribution in [1.29, 1.82) is 0 Å². The maximum atomic E-state index is 13.2. The van der Waals surface area contributed by atoms with Crippen molar-refractivity contribution in [2.24, 2.45) is 5.92 Å². The first-order valence-corrected chi connectivity index (χ1v) is 6.40. The first kappa shape index (κ1) is 12.8. The highest BCUT2D eigenvalue weighted by Crippen LogP contribution is 2.20. The average molecular weight is 251 g/mol. The maximum absolute atomic E-state index is 13.2. The second-order valence-corrected chi connectivity index (χ2v) is 4.81. The molecule has 1 aromatic rings. The van der Waals surface area contributed by atoms with Crippen LogP contribution in [0.1, 0.15) is 12.5 Å². The Morgan fingerprint density at radius 2 is 1.93 bits per heavy atom. The summed E-state index contributed by atoms with van der Waals surface area (Å²) in [5.74, 6) is 1.18. The summed E-state index contributed by atoms with van der Waals surface area (Å²) in [4.78, 5) is 0. The minimum atomic E-state index is -0.471. The standard InChI is InChI=1S/C11H13ClF2S/c1-8(5-12)6-15-7-9-10(13)3-2-4-11(9)14/h2-4,8H,5-7H2,1H3. The fraction of sp³-hybridized carbons (Fsp3) is 0.455. The van der Waals surface area contributed by atoms with E-state index in [9.17, 15) is 8.78 Å². The Kier molecular flexibility index (Phi) is 5.40. The molecule has 0 radical (unpaired) electrons. The summed E-state index contributed by atoms with van der Waals surface area (Å²) in [5, 5.41) is 0. The van der Waals surface area contributed by atoms with Crippen molar-refractivity contribution in [2.45, 2.75) is 12.7 Å². The van der Waals surface area contributed by atoms with E-state index in [1.165, 1.54) is 30.0 Å². The van der Waals surface area contributed by atoms with Gasteiger partial charge in [-0.05, 0) is 23.8 Å². The van der Waals surface area contributed by atoms with Crippen molar-refractivity contribution in [2.75, 3.05) is 11.6 Å². The molecule has 1 atom stereocenters. The lowest BCUT2D eigenvalue weighted by Gasteiger charge is -2.08. The van der Waals surface area contributed by atoms with Crippen molar-refractivity contribution in [1.82, 2.24) is 0 Å². The number of hydrogen-bond donors (Lipinski definition) is 0. The Bertz CT molecular complexity index is 297. The van der Waals surface area contributed by atoms with Crippen LogP contribution in [0.5, 0.6) is 0 Å². The Labute approximate surface area is 98.0 Å². The first-order valence-electron chi connectivity index (χ1n) is 4.71. The fourth-order valence-electron chi connectivity index (χ4n) is 1.08. The van der Waals surface area contributed by atoms with Gasteiger partial charge < -0.3 is 0 Å². The minimum absolute atomic E-state index is 0.157. The van der Waals surface area contributed by atoms with Crippen LogP contribution in [0.3, 0.4) is 0 Å². The Hall–Kier alpha value is -0.280. The Morgan fingerprint density at radius 1 is 1.33 bits per heavy atom. The van der Waals surface area contributed by atoms with E-state index in [1.807, 2.05) is 6.92 Å². The summed E-state index contributed by atoms with van der Waals surface area (Å²) in [6, 6.07) is 3.94. The zero-order chi connectivity index (χ0) is 11.3. The van der Waals surface area contributed by atoms with Gasteiger partial charge in [0, 0.05) is 17.2 Å². The van der Waals surface area contributed by atoms with E-state index in [-0.39, 0.29) is 5.56 Å². The lowest BCUT2D eigenvalue weighted by Crippen LogP contribution is -2.01. The van der Waals surface area contributed by atoms with Gasteiger partial charge in [-0.25, -0.2) is 8.78 Å². The molecule has 0 nitrogen and oxygen atoms in total. The summed E-state index contributed by atoms with van der Waals surface area (Å²) >= 11 is 7.14. The lowest BCUT2D eigenvalue weighted by molar-refractivity contribution is 0.566. The molecule has 0 amide bonds. The van der Waals surface area contributed by atoms with E-state index >= 15 is 0 Å². The Balaban J connectivity index is 2.50. The van der Waals surface area contributed by atoms with Gasteiger partial charge >= 0.3 is 0 Å². The van der Waals surface area contributed by atoms with Gasteiger partial charge in [0.2, 0.25) is 0 Å². The summed E-state index contributed by atoms with van der Waals surface area (Å²) < 4.78 is 26.4. The van der Waals surface area contributed by atoms with Crippen LogP contribution in [0.2, 0.25) is 0 Å². The molecule has 1 rings (SSSR count). The van der Waals surface area contributed by atoms with E-state index in [0.717, 1.165) is 5.75 Å². The van der Waals surface area contributed by atoms with Crippen molar-refractivity contribution in [3.63, 3.8) is 0 Å². The number of rotatable bonds is 5. The number of benzene rings is 1. The van der Waals surface area contributed by atoms with Gasteiger partial charge in [0.05, 0.1) is 0 Å². The molecule has 0 saturated carbocycles. The molecule has 1 aromatic carbocycles. The van der Waals surface area contributed by atoms with Crippen LogP contribution in [-0.4, -0.2) is 11.6 Å². The molecular weight excluding hydrogens is 238 g/mol. The third kappa shape index (κ3) is 3.99. The molecule has 0 aliphatic heterocycles. The SMILES string of the molecule is CC(CCl)CSCc1c(F)cccc1F. The van der Waals surface area contributed by atoms with E-state index in [2.05, 4.69) is 0 Å². The highest BCUT2D eigenvalue weighted by atomic mass is 35.5. The fourth-order valence-corrected chi connectivity index (χ4v) is 2.43. The first-order chi connectivity index (χ1) is 7.15. The van der Waals surface area contributed by atoms with Crippen LogP contribution in [-0.2, 0) is 5.75 Å². The molecule has 15 heavy (non-hydrogen) atoms. The van der Waals surface area contributed by atoms with Crippen LogP contribution in [0.15, 0.2) is 18.2 Å². The van der Waals surface area contributed by atoms with Crippen molar-refractivity contribution >= 4 is 23.4 Å². The molecule has 84 valence electrons. The molecule has 0 heterocycles. The van der Waals surface area contributed by atoms with Crippen LogP contribution in [0.25, 0.3) is 0 Å². The van der Waals surface area contributed by atoms with E-state index in [0.29, 0.717) is 17.6 Å². The second-order valence-electron chi connectivity index (χ2n) is 3.47. The van der Waals surface area contributed by atoms with Crippen LogP contribution < -0.4 is 0 Å². The van der Waals surface area contributed by atoms with Crippen molar-refractivity contribution in [3.05, 3.63) is 35.4 Å². The highest BCUT2D eigenvalue weighted by Gasteiger charge is 2.08. The van der Waals surface area contributed by atoms with Gasteiger partial charge in [0.1, 0.15) is 11.6 Å². The molecule has 0 aliphatic carbocycles. The lowest BCUT2D eigenvalue weighted by atomic mass is 10.2. The molecule has 0 bridgehead atoms. The van der Waals surface area contributed by atoms with Crippen LogP contribution in [0, 0.1) is 17.6 Å². The smallest absolute Gasteiger partial charge is 0.130 e. The van der Waals surface area contributed by atoms with Gasteiger partial charge in [-0.1, -0.05) is 13.0 Å². The molecule has 0 spiro atoms. The third-order valence-corrected chi connectivity index (χ3v) is 3.80. The predicted molar refractivity (Wildman–Crippen MR) is 62.4 cm³/mol. The zero-order valence-electron chi connectivity index (χ0n) is 8.47. The molecule has 0 aromatic heterocycles. The van der Waals surface area contributed by atoms with E-state index in [4.69, 9.17) is 11.6 Å². The number of thioether (sulfide) groups is 1. The molecular formula is C11H13ClF2S. The largest absolute Gasteiger partial charge is 0.207 e. The van der Waals surface area contributed by atoms with E-state index < -0.39 is 11.6 Å². The van der Waals surface area contributed by atoms with Crippen molar-refractivity contribution in [3.8, 4) is 0 Å². The molecule has 4 heteroatoms. The highest BCUT2D eigenvalue weighted by molar-refractivity contribution is 7.98. The zero-order valence-corrected chi connectivity index (χ0v) is 10.0. The van der Waals surface area contributed by atoms with Crippen molar-refractivity contribution < 1.29 is 8.78 Å². The summed E-state index contributed by atoms with van der Waals surface area (Å²) in [6.07, 6.45) is 0. The van der Waals surface area contributed by atoms with E-state index in [1.54, 1.807) is 0 Å². The van der Waals surface area contributed by atoms with Gasteiger partial charge in [0.25, 0.3) is 0 Å². The van der Waals surface area contributed by atoms with Gasteiger partial charge in [-0.3, -0.25) is 0 Å². The number of alkyl halides is 1. The molecule has 0 saturated heterocycles. The molecule has 1 unspecified atom stereocenters. The minimum Gasteiger partial charge on any atom is -0.207 e. The Morgan fingerprint density at radius 3 is 2.47 bits per heavy atom. The normalized spacial score (nSPS) is 12.8. The predicted octanol–water partition coefficient (Wildman–Crippen LogP) is 4.07.